The number of carboxylic acid groups (broad SMARTS) is 1. The topological polar surface area (TPSA) is 72.6 Å². The molecule has 1 heterocycles. The van der Waals surface area contributed by atoms with Crippen LogP contribution in [0.2, 0.25) is 0 Å². The molecule has 0 aliphatic carbocycles. The summed E-state index contributed by atoms with van der Waals surface area (Å²) in [7, 11) is 0. The van der Waals surface area contributed by atoms with Crippen LogP contribution in [-0.2, 0) is 9.53 Å². The maximum absolute atomic E-state index is 10.8. The van der Waals surface area contributed by atoms with Gasteiger partial charge in [0.15, 0.2) is 0 Å². The molecular formula is C13H17NO3. The van der Waals surface area contributed by atoms with E-state index in [0.717, 1.165) is 26.1 Å². The predicted molar refractivity (Wildman–Crippen MR) is 63.8 cm³/mol. The molecule has 1 saturated heterocycles. The van der Waals surface area contributed by atoms with Crippen LogP contribution >= 0.6 is 0 Å². The summed E-state index contributed by atoms with van der Waals surface area (Å²) < 4.78 is 5.32. The van der Waals surface area contributed by atoms with Gasteiger partial charge in [0, 0.05) is 13.2 Å². The highest BCUT2D eigenvalue weighted by Gasteiger charge is 2.19. The van der Waals surface area contributed by atoms with Gasteiger partial charge in [-0.15, -0.1) is 0 Å². The Hall–Kier alpha value is -1.39. The van der Waals surface area contributed by atoms with E-state index in [-0.39, 0.29) is 0 Å². The minimum Gasteiger partial charge on any atom is -0.480 e. The van der Waals surface area contributed by atoms with E-state index in [9.17, 15) is 4.79 Å². The van der Waals surface area contributed by atoms with Gasteiger partial charge in [-0.3, -0.25) is 4.79 Å². The Balaban J connectivity index is 2.18. The molecule has 4 heteroatoms. The third kappa shape index (κ3) is 2.84. The summed E-state index contributed by atoms with van der Waals surface area (Å²) in [4.78, 5) is 10.8. The van der Waals surface area contributed by atoms with E-state index in [1.165, 1.54) is 5.56 Å². The van der Waals surface area contributed by atoms with Crippen LogP contribution < -0.4 is 5.73 Å². The van der Waals surface area contributed by atoms with Crippen molar-refractivity contribution >= 4 is 5.97 Å². The van der Waals surface area contributed by atoms with Crippen molar-refractivity contribution in [2.75, 3.05) is 13.2 Å². The molecule has 1 unspecified atom stereocenters. The maximum atomic E-state index is 10.8. The van der Waals surface area contributed by atoms with Gasteiger partial charge in [0.2, 0.25) is 0 Å². The summed E-state index contributed by atoms with van der Waals surface area (Å²) in [5, 5.41) is 8.89. The molecule has 0 spiro atoms. The first-order valence-electron chi connectivity index (χ1n) is 5.84. The highest BCUT2D eigenvalue weighted by atomic mass is 16.5. The molecule has 17 heavy (non-hydrogen) atoms. The molecule has 1 aliphatic rings. The summed E-state index contributed by atoms with van der Waals surface area (Å²) in [5.41, 5.74) is 7.45. The molecule has 0 aromatic heterocycles. The van der Waals surface area contributed by atoms with Gasteiger partial charge in [-0.1, -0.05) is 24.3 Å². The van der Waals surface area contributed by atoms with E-state index in [4.69, 9.17) is 15.6 Å². The molecule has 1 fully saturated rings. The molecule has 92 valence electrons. The first kappa shape index (κ1) is 12.1. The van der Waals surface area contributed by atoms with E-state index in [1.807, 2.05) is 18.2 Å². The van der Waals surface area contributed by atoms with Crippen molar-refractivity contribution in [1.29, 1.82) is 0 Å². The molecule has 0 radical (unpaired) electrons. The Morgan fingerprint density at radius 3 is 2.76 bits per heavy atom. The van der Waals surface area contributed by atoms with Gasteiger partial charge in [0.25, 0.3) is 0 Å². The summed E-state index contributed by atoms with van der Waals surface area (Å²) in [6.07, 6.45) is 1.98. The number of hydrogen-bond acceptors (Lipinski definition) is 3. The van der Waals surface area contributed by atoms with E-state index in [0.29, 0.717) is 11.5 Å². The molecule has 1 atom stereocenters. The van der Waals surface area contributed by atoms with Crippen LogP contribution in [0.1, 0.15) is 35.9 Å². The van der Waals surface area contributed by atoms with Crippen LogP contribution in [0.5, 0.6) is 0 Å². The van der Waals surface area contributed by atoms with Crippen LogP contribution in [0.4, 0.5) is 0 Å². The molecule has 1 aromatic rings. The maximum Gasteiger partial charge on any atom is 0.325 e. The van der Waals surface area contributed by atoms with Gasteiger partial charge in [0.1, 0.15) is 6.04 Å². The predicted octanol–water partition coefficient (Wildman–Crippen LogP) is 1.66. The lowest BCUT2D eigenvalue weighted by atomic mass is 9.90. The van der Waals surface area contributed by atoms with Crippen molar-refractivity contribution in [3.05, 3.63) is 35.4 Å². The highest BCUT2D eigenvalue weighted by molar-refractivity contribution is 5.75. The second kappa shape index (κ2) is 5.29. The molecule has 1 aliphatic heterocycles. The molecule has 0 amide bonds. The Morgan fingerprint density at radius 1 is 1.41 bits per heavy atom. The zero-order chi connectivity index (χ0) is 12.3. The van der Waals surface area contributed by atoms with Crippen LogP contribution in [0, 0.1) is 0 Å². The van der Waals surface area contributed by atoms with E-state index in [1.54, 1.807) is 6.07 Å². The number of ether oxygens (including phenoxy) is 1. The third-order valence-corrected chi connectivity index (χ3v) is 3.23. The standard InChI is InChI=1S/C13H17NO3/c14-12(13(15)16)11-3-1-2-10(8-11)9-4-6-17-7-5-9/h1-3,8-9,12H,4-7,14H2,(H,15,16). The molecule has 2 rings (SSSR count). The van der Waals surface area contributed by atoms with Crippen molar-refractivity contribution in [2.45, 2.75) is 24.8 Å². The monoisotopic (exact) mass is 235 g/mol. The van der Waals surface area contributed by atoms with Crippen LogP contribution in [0.3, 0.4) is 0 Å². The fourth-order valence-electron chi connectivity index (χ4n) is 2.18. The zero-order valence-electron chi connectivity index (χ0n) is 9.63. The van der Waals surface area contributed by atoms with Gasteiger partial charge in [-0.25, -0.2) is 0 Å². The molecule has 0 saturated carbocycles. The number of aliphatic carboxylic acids is 1. The minimum atomic E-state index is -0.992. The van der Waals surface area contributed by atoms with Crippen molar-refractivity contribution in [3.8, 4) is 0 Å². The Labute approximate surface area is 100 Å². The first-order chi connectivity index (χ1) is 8.18. The SMILES string of the molecule is NC(C(=O)O)c1cccc(C2CCOCC2)c1. The molecule has 4 nitrogen and oxygen atoms in total. The van der Waals surface area contributed by atoms with Crippen molar-refractivity contribution in [1.82, 2.24) is 0 Å². The van der Waals surface area contributed by atoms with E-state index >= 15 is 0 Å². The normalized spacial score (nSPS) is 18.9. The second-order valence-electron chi connectivity index (χ2n) is 4.37. The van der Waals surface area contributed by atoms with Crippen molar-refractivity contribution in [2.24, 2.45) is 5.73 Å². The summed E-state index contributed by atoms with van der Waals surface area (Å²) in [6.45, 7) is 1.56. The molecule has 0 bridgehead atoms. The summed E-state index contributed by atoms with van der Waals surface area (Å²) in [5.74, 6) is -0.529. The molecule has 3 N–H and O–H groups in total. The first-order valence-corrected chi connectivity index (χ1v) is 5.84. The quantitative estimate of drug-likeness (QED) is 0.835. The molecular weight excluding hydrogens is 218 g/mol. The average molecular weight is 235 g/mol. The average Bonchev–Trinajstić information content (AvgIpc) is 2.39. The second-order valence-corrected chi connectivity index (χ2v) is 4.37. The zero-order valence-corrected chi connectivity index (χ0v) is 9.63. The fraction of sp³-hybridized carbons (Fsp3) is 0.462. The van der Waals surface area contributed by atoms with Gasteiger partial charge >= 0.3 is 5.97 Å². The number of benzene rings is 1. The number of nitrogens with two attached hydrogens (primary N) is 1. The largest absolute Gasteiger partial charge is 0.480 e. The van der Waals surface area contributed by atoms with Crippen LogP contribution in [-0.4, -0.2) is 24.3 Å². The Kier molecular flexibility index (Phi) is 3.76. The number of carbonyl (C=O) groups is 1. The lowest BCUT2D eigenvalue weighted by Gasteiger charge is -2.23. The van der Waals surface area contributed by atoms with Crippen molar-refractivity contribution in [3.63, 3.8) is 0 Å². The number of hydrogen-bond donors (Lipinski definition) is 2. The number of carboxylic acids is 1. The van der Waals surface area contributed by atoms with Gasteiger partial charge in [-0.05, 0) is 29.9 Å². The van der Waals surface area contributed by atoms with E-state index < -0.39 is 12.0 Å². The highest BCUT2D eigenvalue weighted by Crippen LogP contribution is 2.28. The van der Waals surface area contributed by atoms with Gasteiger partial charge in [-0.2, -0.15) is 0 Å². The lowest BCUT2D eigenvalue weighted by molar-refractivity contribution is -0.138. The lowest BCUT2D eigenvalue weighted by Crippen LogP contribution is -2.21. The number of rotatable bonds is 3. The fourth-order valence-corrected chi connectivity index (χ4v) is 2.18. The Morgan fingerprint density at radius 2 is 2.12 bits per heavy atom. The minimum absolute atomic E-state index is 0.463. The molecule has 1 aromatic carbocycles. The van der Waals surface area contributed by atoms with Crippen molar-refractivity contribution < 1.29 is 14.6 Å². The Bertz CT molecular complexity index is 399. The van der Waals surface area contributed by atoms with Gasteiger partial charge < -0.3 is 15.6 Å². The smallest absolute Gasteiger partial charge is 0.325 e. The summed E-state index contributed by atoms with van der Waals surface area (Å²) >= 11 is 0. The van der Waals surface area contributed by atoms with Crippen LogP contribution in [0.15, 0.2) is 24.3 Å². The summed E-state index contributed by atoms with van der Waals surface area (Å²) in [6, 6.07) is 6.66. The van der Waals surface area contributed by atoms with Crippen LogP contribution in [0.25, 0.3) is 0 Å². The third-order valence-electron chi connectivity index (χ3n) is 3.23. The van der Waals surface area contributed by atoms with E-state index in [2.05, 4.69) is 0 Å². The van der Waals surface area contributed by atoms with Gasteiger partial charge in [0.05, 0.1) is 0 Å².